The second kappa shape index (κ2) is 6.83. The molecule has 1 rings (SSSR count). The molecule has 0 spiro atoms. The van der Waals surface area contributed by atoms with E-state index in [0.717, 1.165) is 18.8 Å². The number of nitrogen functional groups attached to an aromatic ring is 1. The molecule has 0 amide bonds. The van der Waals surface area contributed by atoms with Crippen molar-refractivity contribution in [3.63, 3.8) is 0 Å². The van der Waals surface area contributed by atoms with Crippen LogP contribution in [0.15, 0.2) is 12.3 Å². The van der Waals surface area contributed by atoms with Gasteiger partial charge in [-0.3, -0.25) is 0 Å². The van der Waals surface area contributed by atoms with E-state index in [0.29, 0.717) is 11.3 Å². The first-order valence-electron chi connectivity index (χ1n) is 6.15. The average Bonchev–Trinajstić information content (AvgIpc) is 2.38. The van der Waals surface area contributed by atoms with Crippen molar-refractivity contribution in [3.8, 4) is 0 Å². The minimum absolute atomic E-state index is 0.340. The van der Waals surface area contributed by atoms with E-state index in [1.807, 2.05) is 11.9 Å². The average molecular weight is 251 g/mol. The minimum Gasteiger partial charge on any atom is -0.465 e. The Bertz CT molecular complexity index is 407. The molecule has 1 aromatic rings. The number of aromatic nitrogens is 1. The topological polar surface area (TPSA) is 68.5 Å². The van der Waals surface area contributed by atoms with E-state index < -0.39 is 5.97 Å². The van der Waals surface area contributed by atoms with Gasteiger partial charge in [0.25, 0.3) is 0 Å². The predicted molar refractivity (Wildman–Crippen MR) is 72.8 cm³/mol. The Labute approximate surface area is 108 Å². The molecular formula is C13H21N3O2. The Kier molecular flexibility index (Phi) is 5.42. The number of carbonyl (C=O) groups excluding carboxylic acids is 1. The summed E-state index contributed by atoms with van der Waals surface area (Å²) in [6, 6.07) is 1.67. The fourth-order valence-corrected chi connectivity index (χ4v) is 1.66. The molecule has 18 heavy (non-hydrogen) atoms. The van der Waals surface area contributed by atoms with Gasteiger partial charge in [0.1, 0.15) is 5.82 Å². The van der Waals surface area contributed by atoms with Crippen LogP contribution in [0, 0.1) is 0 Å². The van der Waals surface area contributed by atoms with Crippen molar-refractivity contribution in [2.75, 3.05) is 31.3 Å². The molecule has 0 aliphatic rings. The lowest BCUT2D eigenvalue weighted by atomic mass is 10.2. The third-order valence-corrected chi connectivity index (χ3v) is 2.81. The maximum absolute atomic E-state index is 11.5. The van der Waals surface area contributed by atoms with E-state index in [-0.39, 0.29) is 0 Å². The van der Waals surface area contributed by atoms with Crippen LogP contribution < -0.4 is 10.6 Å². The van der Waals surface area contributed by atoms with E-state index in [2.05, 4.69) is 16.6 Å². The van der Waals surface area contributed by atoms with Crippen LogP contribution in [0.25, 0.3) is 0 Å². The van der Waals surface area contributed by atoms with Gasteiger partial charge in [0.2, 0.25) is 0 Å². The summed E-state index contributed by atoms with van der Waals surface area (Å²) in [6.07, 6.45) is 4.96. The van der Waals surface area contributed by atoms with Crippen LogP contribution in [0.2, 0.25) is 0 Å². The molecular weight excluding hydrogens is 230 g/mol. The van der Waals surface area contributed by atoms with Crippen LogP contribution in [0.5, 0.6) is 0 Å². The first kappa shape index (κ1) is 14.3. The number of esters is 1. The van der Waals surface area contributed by atoms with Gasteiger partial charge in [-0.15, -0.1) is 0 Å². The van der Waals surface area contributed by atoms with Crippen molar-refractivity contribution >= 4 is 17.5 Å². The number of methoxy groups -OCH3 is 1. The van der Waals surface area contributed by atoms with Gasteiger partial charge in [0, 0.05) is 13.6 Å². The fraction of sp³-hybridized carbons (Fsp3) is 0.538. The second-order valence-corrected chi connectivity index (χ2v) is 4.25. The molecule has 100 valence electrons. The van der Waals surface area contributed by atoms with Crippen LogP contribution in [0.3, 0.4) is 0 Å². The number of hydrogen-bond acceptors (Lipinski definition) is 5. The van der Waals surface area contributed by atoms with Gasteiger partial charge >= 0.3 is 5.97 Å². The number of nitrogens with zero attached hydrogens (tertiary/aromatic N) is 2. The van der Waals surface area contributed by atoms with E-state index in [1.165, 1.54) is 26.1 Å². The molecule has 0 fully saturated rings. The van der Waals surface area contributed by atoms with Gasteiger partial charge in [0.05, 0.1) is 24.6 Å². The molecule has 0 atom stereocenters. The summed E-state index contributed by atoms with van der Waals surface area (Å²) in [5.74, 6) is 0.304. The maximum atomic E-state index is 11.5. The number of nitrogens with two attached hydrogens (primary N) is 1. The molecule has 0 saturated heterocycles. The summed E-state index contributed by atoms with van der Waals surface area (Å²) in [4.78, 5) is 17.8. The van der Waals surface area contributed by atoms with Crippen molar-refractivity contribution in [3.05, 3.63) is 17.8 Å². The minimum atomic E-state index is -0.432. The molecule has 1 aromatic heterocycles. The number of rotatable bonds is 6. The molecule has 5 heteroatoms. The van der Waals surface area contributed by atoms with Crippen molar-refractivity contribution in [2.24, 2.45) is 0 Å². The first-order chi connectivity index (χ1) is 8.60. The van der Waals surface area contributed by atoms with Gasteiger partial charge in [-0.25, -0.2) is 9.78 Å². The number of pyridine rings is 1. The lowest BCUT2D eigenvalue weighted by molar-refractivity contribution is 0.0602. The zero-order chi connectivity index (χ0) is 13.5. The number of unbranched alkanes of at least 4 members (excludes halogenated alkanes) is 2. The molecule has 0 unspecified atom stereocenters. The summed E-state index contributed by atoms with van der Waals surface area (Å²) >= 11 is 0. The number of carbonyl (C=O) groups is 1. The van der Waals surface area contributed by atoms with E-state index >= 15 is 0 Å². The molecule has 0 radical (unpaired) electrons. The first-order valence-corrected chi connectivity index (χ1v) is 6.15. The summed E-state index contributed by atoms with van der Waals surface area (Å²) in [5, 5.41) is 0. The predicted octanol–water partition coefficient (Wildman–Crippen LogP) is 2.08. The molecule has 5 nitrogen and oxygen atoms in total. The van der Waals surface area contributed by atoms with Gasteiger partial charge < -0.3 is 15.4 Å². The standard InChI is InChI=1S/C13H21N3O2/c1-4-5-6-7-16(2)12-8-10(13(17)18-3)11(14)9-15-12/h8-9H,4-7,14H2,1-3H3. The lowest BCUT2D eigenvalue weighted by Gasteiger charge is -2.18. The molecule has 0 aromatic carbocycles. The number of anilines is 2. The molecule has 0 saturated carbocycles. The molecule has 0 bridgehead atoms. The van der Waals surface area contributed by atoms with Crippen molar-refractivity contribution in [1.82, 2.24) is 4.98 Å². The van der Waals surface area contributed by atoms with Gasteiger partial charge in [0.15, 0.2) is 0 Å². The van der Waals surface area contributed by atoms with Gasteiger partial charge in [-0.05, 0) is 12.5 Å². The highest BCUT2D eigenvalue weighted by Gasteiger charge is 2.13. The quantitative estimate of drug-likeness (QED) is 0.619. The zero-order valence-corrected chi connectivity index (χ0v) is 11.3. The van der Waals surface area contributed by atoms with Crippen LogP contribution in [-0.2, 0) is 4.74 Å². The molecule has 0 aliphatic carbocycles. The molecule has 1 heterocycles. The van der Waals surface area contributed by atoms with Crippen LogP contribution in [-0.4, -0.2) is 31.7 Å². The Morgan fingerprint density at radius 1 is 1.50 bits per heavy atom. The summed E-state index contributed by atoms with van der Waals surface area (Å²) in [5.41, 5.74) is 6.41. The summed E-state index contributed by atoms with van der Waals surface area (Å²) in [6.45, 7) is 3.07. The number of hydrogen-bond donors (Lipinski definition) is 1. The molecule has 0 aliphatic heterocycles. The Morgan fingerprint density at radius 2 is 2.22 bits per heavy atom. The normalized spacial score (nSPS) is 10.2. The lowest BCUT2D eigenvalue weighted by Crippen LogP contribution is -2.20. The van der Waals surface area contributed by atoms with E-state index in [1.54, 1.807) is 6.07 Å². The third kappa shape index (κ3) is 3.61. The third-order valence-electron chi connectivity index (χ3n) is 2.81. The highest BCUT2D eigenvalue weighted by atomic mass is 16.5. The van der Waals surface area contributed by atoms with E-state index in [4.69, 9.17) is 5.73 Å². The second-order valence-electron chi connectivity index (χ2n) is 4.25. The van der Waals surface area contributed by atoms with Crippen molar-refractivity contribution in [2.45, 2.75) is 26.2 Å². The van der Waals surface area contributed by atoms with Crippen LogP contribution in [0.1, 0.15) is 36.5 Å². The fourth-order valence-electron chi connectivity index (χ4n) is 1.66. The highest BCUT2D eigenvalue weighted by molar-refractivity contribution is 5.95. The summed E-state index contributed by atoms with van der Waals surface area (Å²) < 4.78 is 4.69. The smallest absolute Gasteiger partial charge is 0.340 e. The maximum Gasteiger partial charge on any atom is 0.340 e. The zero-order valence-electron chi connectivity index (χ0n) is 11.3. The van der Waals surface area contributed by atoms with E-state index in [9.17, 15) is 4.79 Å². The van der Waals surface area contributed by atoms with Crippen molar-refractivity contribution in [1.29, 1.82) is 0 Å². The SMILES string of the molecule is CCCCCN(C)c1cc(C(=O)OC)c(N)cn1. The Morgan fingerprint density at radius 3 is 2.83 bits per heavy atom. The highest BCUT2D eigenvalue weighted by Crippen LogP contribution is 2.18. The van der Waals surface area contributed by atoms with Gasteiger partial charge in [-0.2, -0.15) is 0 Å². The summed E-state index contributed by atoms with van der Waals surface area (Å²) in [7, 11) is 3.29. The molecule has 2 N–H and O–H groups in total. The van der Waals surface area contributed by atoms with Gasteiger partial charge in [-0.1, -0.05) is 19.8 Å². The largest absolute Gasteiger partial charge is 0.465 e. The monoisotopic (exact) mass is 251 g/mol. The van der Waals surface area contributed by atoms with Crippen LogP contribution in [0.4, 0.5) is 11.5 Å². The Hall–Kier alpha value is -1.78. The number of ether oxygens (including phenoxy) is 1. The van der Waals surface area contributed by atoms with Crippen LogP contribution >= 0.6 is 0 Å². The van der Waals surface area contributed by atoms with Crippen molar-refractivity contribution < 1.29 is 9.53 Å². The Balaban J connectivity index is 2.80.